The maximum Gasteiger partial charge on any atom is 0.134 e. The minimum atomic E-state index is 0.474. The SMILES string of the molecule is CCCCc1ccc(-c2ccc(CNC(C)C)o2)cc1. The largest absolute Gasteiger partial charge is 0.460 e. The lowest BCUT2D eigenvalue weighted by Gasteiger charge is -2.05. The van der Waals surface area contributed by atoms with Crippen LogP contribution < -0.4 is 5.32 Å². The predicted octanol–water partition coefficient (Wildman–Crippen LogP) is 4.79. The zero-order chi connectivity index (χ0) is 14.4. The Labute approximate surface area is 122 Å². The Kier molecular flexibility index (Phi) is 5.42. The second kappa shape index (κ2) is 7.30. The molecule has 0 saturated carbocycles. The van der Waals surface area contributed by atoms with E-state index in [9.17, 15) is 0 Å². The van der Waals surface area contributed by atoms with Crippen molar-refractivity contribution in [3.8, 4) is 11.3 Å². The van der Waals surface area contributed by atoms with Crippen molar-refractivity contribution < 1.29 is 4.42 Å². The fraction of sp³-hybridized carbons (Fsp3) is 0.444. The van der Waals surface area contributed by atoms with Crippen molar-refractivity contribution in [2.45, 2.75) is 52.6 Å². The number of aryl methyl sites for hydroxylation is 1. The molecule has 0 spiro atoms. The summed E-state index contributed by atoms with van der Waals surface area (Å²) in [6, 6.07) is 13.3. The molecule has 2 heteroatoms. The average molecular weight is 271 g/mol. The quantitative estimate of drug-likeness (QED) is 0.783. The van der Waals surface area contributed by atoms with Gasteiger partial charge in [0, 0.05) is 11.6 Å². The molecule has 0 radical (unpaired) electrons. The van der Waals surface area contributed by atoms with E-state index in [0.717, 1.165) is 23.6 Å². The first-order valence-electron chi connectivity index (χ1n) is 7.60. The van der Waals surface area contributed by atoms with Crippen LogP contribution in [0, 0.1) is 0 Å². The van der Waals surface area contributed by atoms with Crippen LogP contribution in [0.15, 0.2) is 40.8 Å². The molecule has 0 atom stereocenters. The zero-order valence-electron chi connectivity index (χ0n) is 12.8. The second-order valence-electron chi connectivity index (χ2n) is 5.60. The maximum atomic E-state index is 5.88. The van der Waals surface area contributed by atoms with Gasteiger partial charge in [-0.3, -0.25) is 0 Å². The van der Waals surface area contributed by atoms with Gasteiger partial charge in [-0.05, 0) is 30.5 Å². The molecular formula is C18H25NO. The van der Waals surface area contributed by atoms with Crippen LogP contribution in [0.4, 0.5) is 0 Å². The van der Waals surface area contributed by atoms with Gasteiger partial charge < -0.3 is 9.73 Å². The molecule has 0 aliphatic heterocycles. The van der Waals surface area contributed by atoms with Gasteiger partial charge in [-0.25, -0.2) is 0 Å². The summed E-state index contributed by atoms with van der Waals surface area (Å²) in [6.45, 7) is 7.29. The zero-order valence-corrected chi connectivity index (χ0v) is 12.8. The van der Waals surface area contributed by atoms with E-state index in [1.165, 1.54) is 24.8 Å². The summed E-state index contributed by atoms with van der Waals surface area (Å²) in [4.78, 5) is 0. The fourth-order valence-electron chi connectivity index (χ4n) is 2.15. The lowest BCUT2D eigenvalue weighted by molar-refractivity contribution is 0.473. The van der Waals surface area contributed by atoms with Gasteiger partial charge in [0.05, 0.1) is 6.54 Å². The summed E-state index contributed by atoms with van der Waals surface area (Å²) < 4.78 is 5.88. The Balaban J connectivity index is 2.00. The van der Waals surface area contributed by atoms with Gasteiger partial charge in [-0.15, -0.1) is 0 Å². The van der Waals surface area contributed by atoms with Crippen LogP contribution in [0.1, 0.15) is 44.9 Å². The standard InChI is InChI=1S/C18H25NO/c1-4-5-6-15-7-9-16(10-8-15)18-12-11-17(20-18)13-19-14(2)3/h7-12,14,19H,4-6,13H2,1-3H3. The molecule has 1 aromatic carbocycles. The maximum absolute atomic E-state index is 5.88. The van der Waals surface area contributed by atoms with Gasteiger partial charge >= 0.3 is 0 Å². The van der Waals surface area contributed by atoms with Crippen molar-refractivity contribution in [3.63, 3.8) is 0 Å². The third-order valence-corrected chi connectivity index (χ3v) is 3.40. The van der Waals surface area contributed by atoms with E-state index in [-0.39, 0.29) is 0 Å². The topological polar surface area (TPSA) is 25.2 Å². The van der Waals surface area contributed by atoms with E-state index in [1.807, 2.05) is 0 Å². The van der Waals surface area contributed by atoms with Gasteiger partial charge in [0.25, 0.3) is 0 Å². The van der Waals surface area contributed by atoms with E-state index >= 15 is 0 Å². The first-order chi connectivity index (χ1) is 9.69. The van der Waals surface area contributed by atoms with Crippen molar-refractivity contribution in [3.05, 3.63) is 47.7 Å². The molecule has 0 saturated heterocycles. The third-order valence-electron chi connectivity index (χ3n) is 3.40. The minimum absolute atomic E-state index is 0.474. The van der Waals surface area contributed by atoms with Crippen LogP contribution in [0.3, 0.4) is 0 Å². The molecule has 0 fully saturated rings. The number of unbranched alkanes of at least 4 members (excludes halogenated alkanes) is 1. The molecule has 2 aromatic rings. The molecule has 0 aliphatic carbocycles. The van der Waals surface area contributed by atoms with Crippen molar-refractivity contribution in [2.24, 2.45) is 0 Å². The molecule has 1 aromatic heterocycles. The van der Waals surface area contributed by atoms with Crippen LogP contribution in [0.25, 0.3) is 11.3 Å². The van der Waals surface area contributed by atoms with E-state index in [0.29, 0.717) is 6.04 Å². The highest BCUT2D eigenvalue weighted by atomic mass is 16.3. The smallest absolute Gasteiger partial charge is 0.134 e. The van der Waals surface area contributed by atoms with Gasteiger partial charge in [0.1, 0.15) is 11.5 Å². The highest BCUT2D eigenvalue weighted by Gasteiger charge is 2.05. The molecular weight excluding hydrogens is 246 g/mol. The van der Waals surface area contributed by atoms with Crippen LogP contribution >= 0.6 is 0 Å². The van der Waals surface area contributed by atoms with Crippen LogP contribution in [0.5, 0.6) is 0 Å². The molecule has 1 heterocycles. The lowest BCUT2D eigenvalue weighted by Crippen LogP contribution is -2.21. The molecule has 2 rings (SSSR count). The summed E-state index contributed by atoms with van der Waals surface area (Å²) in [6.07, 6.45) is 3.66. The minimum Gasteiger partial charge on any atom is -0.460 e. The van der Waals surface area contributed by atoms with Crippen molar-refractivity contribution in [1.29, 1.82) is 0 Å². The lowest BCUT2D eigenvalue weighted by atomic mass is 10.1. The van der Waals surface area contributed by atoms with E-state index in [4.69, 9.17) is 4.42 Å². The molecule has 0 aliphatic rings. The van der Waals surface area contributed by atoms with Gasteiger partial charge in [0.15, 0.2) is 0 Å². The Morgan fingerprint density at radius 3 is 2.45 bits per heavy atom. The summed E-state index contributed by atoms with van der Waals surface area (Å²) in [7, 11) is 0. The Bertz CT molecular complexity index is 510. The van der Waals surface area contributed by atoms with Gasteiger partial charge in [-0.2, -0.15) is 0 Å². The molecule has 108 valence electrons. The first kappa shape index (κ1) is 14.9. The fourth-order valence-corrected chi connectivity index (χ4v) is 2.15. The van der Waals surface area contributed by atoms with E-state index in [1.54, 1.807) is 0 Å². The average Bonchev–Trinajstić information content (AvgIpc) is 2.92. The summed E-state index contributed by atoms with van der Waals surface area (Å²) in [5, 5.41) is 3.37. The van der Waals surface area contributed by atoms with E-state index in [2.05, 4.69) is 62.5 Å². The molecule has 0 bridgehead atoms. The highest BCUT2D eigenvalue weighted by Crippen LogP contribution is 2.23. The monoisotopic (exact) mass is 271 g/mol. The highest BCUT2D eigenvalue weighted by molar-refractivity contribution is 5.57. The molecule has 1 N–H and O–H groups in total. The number of nitrogens with one attached hydrogen (secondary N) is 1. The van der Waals surface area contributed by atoms with Crippen LogP contribution in [-0.2, 0) is 13.0 Å². The van der Waals surface area contributed by atoms with Crippen LogP contribution in [-0.4, -0.2) is 6.04 Å². The summed E-state index contributed by atoms with van der Waals surface area (Å²) in [5.74, 6) is 1.94. The van der Waals surface area contributed by atoms with Crippen molar-refractivity contribution >= 4 is 0 Å². The number of hydrogen-bond acceptors (Lipinski definition) is 2. The molecule has 2 nitrogen and oxygen atoms in total. The predicted molar refractivity (Wildman–Crippen MR) is 84.7 cm³/mol. The Hall–Kier alpha value is -1.54. The molecule has 0 unspecified atom stereocenters. The second-order valence-corrected chi connectivity index (χ2v) is 5.60. The molecule has 20 heavy (non-hydrogen) atoms. The normalized spacial score (nSPS) is 11.2. The van der Waals surface area contributed by atoms with Crippen molar-refractivity contribution in [2.75, 3.05) is 0 Å². The third kappa shape index (κ3) is 4.24. The number of rotatable bonds is 7. The van der Waals surface area contributed by atoms with Gasteiger partial charge in [-0.1, -0.05) is 51.5 Å². The summed E-state index contributed by atoms with van der Waals surface area (Å²) >= 11 is 0. The Morgan fingerprint density at radius 1 is 1.05 bits per heavy atom. The van der Waals surface area contributed by atoms with Crippen molar-refractivity contribution in [1.82, 2.24) is 5.32 Å². The Morgan fingerprint density at radius 2 is 1.80 bits per heavy atom. The number of hydrogen-bond donors (Lipinski definition) is 1. The number of furan rings is 1. The van der Waals surface area contributed by atoms with E-state index < -0.39 is 0 Å². The van der Waals surface area contributed by atoms with Gasteiger partial charge in [0.2, 0.25) is 0 Å². The van der Waals surface area contributed by atoms with Crippen LogP contribution in [0.2, 0.25) is 0 Å². The first-order valence-corrected chi connectivity index (χ1v) is 7.60. The molecule has 0 amide bonds. The summed E-state index contributed by atoms with van der Waals surface area (Å²) in [5.41, 5.74) is 2.56. The number of benzene rings is 1.